The van der Waals surface area contributed by atoms with Crippen LogP contribution in [0, 0.1) is 16.0 Å². The second-order valence-corrected chi connectivity index (χ2v) is 9.71. The van der Waals surface area contributed by atoms with E-state index < -0.39 is 58.8 Å². The van der Waals surface area contributed by atoms with Crippen LogP contribution in [0.4, 0.5) is 5.69 Å². The molecule has 3 aromatic rings. The van der Waals surface area contributed by atoms with Crippen molar-refractivity contribution in [3.8, 4) is 0 Å². The summed E-state index contributed by atoms with van der Waals surface area (Å²) in [5.41, 5.74) is 12.0. The van der Waals surface area contributed by atoms with Gasteiger partial charge in [0.15, 0.2) is 5.78 Å². The van der Waals surface area contributed by atoms with Gasteiger partial charge in [0, 0.05) is 30.0 Å². The molecule has 3 rings (SSSR count). The highest BCUT2D eigenvalue weighted by Crippen LogP contribution is 2.19. The number of primary amides is 2. The van der Waals surface area contributed by atoms with Crippen molar-refractivity contribution in [2.24, 2.45) is 17.4 Å². The summed E-state index contributed by atoms with van der Waals surface area (Å²) in [6.45, 7) is 0. The van der Waals surface area contributed by atoms with Gasteiger partial charge in [-0.05, 0) is 36.1 Å². The van der Waals surface area contributed by atoms with E-state index in [1.807, 2.05) is 6.07 Å². The van der Waals surface area contributed by atoms with Gasteiger partial charge in [0.1, 0.15) is 6.04 Å². The number of ketones is 1. The zero-order chi connectivity index (χ0) is 30.6. The molecule has 12 heteroatoms. The van der Waals surface area contributed by atoms with Crippen molar-refractivity contribution in [1.82, 2.24) is 10.6 Å². The highest BCUT2D eigenvalue weighted by atomic mass is 16.6. The number of nitrogens with zero attached hydrogens (tertiary/aromatic N) is 1. The highest BCUT2D eigenvalue weighted by Gasteiger charge is 2.31. The molecule has 4 amide bonds. The third kappa shape index (κ3) is 9.37. The lowest BCUT2D eigenvalue weighted by Gasteiger charge is -2.23. The van der Waals surface area contributed by atoms with Gasteiger partial charge in [0.25, 0.3) is 11.6 Å². The average molecular weight is 574 g/mol. The maximum absolute atomic E-state index is 13.7. The second kappa shape index (κ2) is 14.8. The normalized spacial score (nSPS) is 12.8. The third-order valence-corrected chi connectivity index (χ3v) is 6.53. The van der Waals surface area contributed by atoms with Crippen LogP contribution in [-0.4, -0.2) is 46.4 Å². The van der Waals surface area contributed by atoms with Gasteiger partial charge in [-0.15, -0.1) is 0 Å². The lowest BCUT2D eigenvalue weighted by Crippen LogP contribution is -2.50. The van der Waals surface area contributed by atoms with E-state index in [0.717, 1.165) is 5.56 Å². The van der Waals surface area contributed by atoms with E-state index in [-0.39, 0.29) is 24.9 Å². The van der Waals surface area contributed by atoms with Crippen LogP contribution in [0.2, 0.25) is 0 Å². The molecule has 6 N–H and O–H groups in total. The van der Waals surface area contributed by atoms with Crippen LogP contribution in [0.1, 0.15) is 34.3 Å². The minimum atomic E-state index is -1.40. The summed E-state index contributed by atoms with van der Waals surface area (Å²) in [7, 11) is 0. The molecule has 0 aromatic heterocycles. The number of benzene rings is 3. The maximum atomic E-state index is 13.7. The molecule has 0 saturated heterocycles. The van der Waals surface area contributed by atoms with Crippen molar-refractivity contribution in [3.63, 3.8) is 0 Å². The fourth-order valence-electron chi connectivity index (χ4n) is 4.32. The van der Waals surface area contributed by atoms with Crippen LogP contribution in [-0.2, 0) is 32.0 Å². The number of amides is 4. The number of nitrogens with two attached hydrogens (primary N) is 2. The van der Waals surface area contributed by atoms with Crippen molar-refractivity contribution < 1.29 is 28.9 Å². The predicted molar refractivity (Wildman–Crippen MR) is 153 cm³/mol. The summed E-state index contributed by atoms with van der Waals surface area (Å²) in [4.78, 5) is 73.8. The third-order valence-electron chi connectivity index (χ3n) is 6.53. The minimum absolute atomic E-state index is 0.0394. The smallest absolute Gasteiger partial charge is 0.269 e. The number of hydrogen-bond acceptors (Lipinski definition) is 7. The Labute approximate surface area is 241 Å². The Balaban J connectivity index is 1.89. The number of carbonyl (C=O) groups is 5. The molecule has 218 valence electrons. The number of nitro groups is 1. The summed E-state index contributed by atoms with van der Waals surface area (Å²) in [6.07, 6.45) is -0.793. The summed E-state index contributed by atoms with van der Waals surface area (Å²) in [6, 6.07) is 20.4. The van der Waals surface area contributed by atoms with Gasteiger partial charge in [0.05, 0.1) is 17.4 Å². The van der Waals surface area contributed by atoms with Crippen LogP contribution >= 0.6 is 0 Å². The number of nitrogens with one attached hydrogen (secondary N) is 2. The Morgan fingerprint density at radius 3 is 1.83 bits per heavy atom. The van der Waals surface area contributed by atoms with E-state index >= 15 is 0 Å². The number of hydrogen-bond donors (Lipinski definition) is 4. The molecule has 3 atom stereocenters. The van der Waals surface area contributed by atoms with E-state index in [4.69, 9.17) is 11.5 Å². The first-order valence-corrected chi connectivity index (χ1v) is 13.1. The predicted octanol–water partition coefficient (Wildman–Crippen LogP) is 1.60. The molecule has 0 fully saturated rings. The van der Waals surface area contributed by atoms with Gasteiger partial charge in [0.2, 0.25) is 17.7 Å². The molecule has 0 heterocycles. The molecule has 0 saturated carbocycles. The van der Waals surface area contributed by atoms with Crippen molar-refractivity contribution >= 4 is 35.1 Å². The summed E-state index contributed by atoms with van der Waals surface area (Å²) in [5.74, 6) is -4.62. The standard InChI is InChI=1S/C30H31N5O7/c31-27(37)18-25(28(32)38)34-30(40)22(15-20-11-13-23(14-12-20)35(41)42)17-26(36)24(16-19-7-3-1-4-8-19)33-29(39)21-9-5-2-6-10-21/h1-14,22,24-25H,15-18H2,(H2,31,37)(H2,32,38)(H,33,39)(H,34,40)/t22-,24+,25+/m1/s1. The first-order valence-electron chi connectivity index (χ1n) is 13.1. The Bertz CT molecular complexity index is 1430. The van der Waals surface area contributed by atoms with E-state index in [0.29, 0.717) is 11.1 Å². The topological polar surface area (TPSA) is 205 Å². The quantitative estimate of drug-likeness (QED) is 0.156. The van der Waals surface area contributed by atoms with E-state index in [1.54, 1.807) is 54.6 Å². The van der Waals surface area contributed by atoms with Gasteiger partial charge in [-0.2, -0.15) is 0 Å². The number of nitro benzene ring substituents is 1. The van der Waals surface area contributed by atoms with Crippen molar-refractivity contribution in [2.45, 2.75) is 37.8 Å². The fourth-order valence-corrected chi connectivity index (χ4v) is 4.32. The van der Waals surface area contributed by atoms with Crippen LogP contribution in [0.3, 0.4) is 0 Å². The SMILES string of the molecule is NC(=O)C[C@H](NC(=O)[C@@H](CC(=O)[C@H](Cc1ccccc1)NC(=O)c1ccccc1)Cc1ccc([N+](=O)[O-])cc1)C(N)=O. The van der Waals surface area contributed by atoms with E-state index in [2.05, 4.69) is 10.6 Å². The molecule has 0 bridgehead atoms. The van der Waals surface area contributed by atoms with Crippen molar-refractivity contribution in [2.75, 3.05) is 0 Å². The Hall–Kier alpha value is -5.39. The first-order chi connectivity index (χ1) is 20.0. The number of non-ortho nitro benzene ring substituents is 1. The zero-order valence-corrected chi connectivity index (χ0v) is 22.6. The molecular weight excluding hydrogens is 542 g/mol. The van der Waals surface area contributed by atoms with Crippen LogP contribution in [0.15, 0.2) is 84.9 Å². The Kier molecular flexibility index (Phi) is 11.0. The summed E-state index contributed by atoms with van der Waals surface area (Å²) < 4.78 is 0. The Morgan fingerprint density at radius 1 is 0.714 bits per heavy atom. The molecule has 0 radical (unpaired) electrons. The summed E-state index contributed by atoms with van der Waals surface area (Å²) >= 11 is 0. The first kappa shape index (κ1) is 31.1. The Morgan fingerprint density at radius 2 is 1.29 bits per heavy atom. The molecule has 42 heavy (non-hydrogen) atoms. The molecule has 0 unspecified atom stereocenters. The van der Waals surface area contributed by atoms with Crippen LogP contribution in [0.5, 0.6) is 0 Å². The van der Waals surface area contributed by atoms with Crippen molar-refractivity contribution in [1.29, 1.82) is 0 Å². The van der Waals surface area contributed by atoms with Crippen LogP contribution < -0.4 is 22.1 Å². The number of carbonyl (C=O) groups excluding carboxylic acids is 5. The van der Waals surface area contributed by atoms with Crippen LogP contribution in [0.25, 0.3) is 0 Å². The monoisotopic (exact) mass is 573 g/mol. The van der Waals surface area contributed by atoms with Gasteiger partial charge in [-0.25, -0.2) is 0 Å². The van der Waals surface area contributed by atoms with Gasteiger partial charge in [-0.1, -0.05) is 60.7 Å². The average Bonchev–Trinajstić information content (AvgIpc) is 2.97. The molecule has 0 spiro atoms. The molecule has 0 aliphatic carbocycles. The molecule has 12 nitrogen and oxygen atoms in total. The van der Waals surface area contributed by atoms with Gasteiger partial charge >= 0.3 is 0 Å². The van der Waals surface area contributed by atoms with Gasteiger partial charge in [-0.3, -0.25) is 34.1 Å². The zero-order valence-electron chi connectivity index (χ0n) is 22.6. The van der Waals surface area contributed by atoms with Gasteiger partial charge < -0.3 is 22.1 Å². The fraction of sp³-hybridized carbons (Fsp3) is 0.233. The number of Topliss-reactive ketones (excluding diaryl/α,β-unsaturated/α-hetero) is 1. The minimum Gasteiger partial charge on any atom is -0.370 e. The molecular formula is C30H31N5O7. The van der Waals surface area contributed by atoms with Crippen molar-refractivity contribution in [3.05, 3.63) is 112 Å². The number of rotatable bonds is 15. The largest absolute Gasteiger partial charge is 0.370 e. The van der Waals surface area contributed by atoms with E-state index in [9.17, 15) is 34.1 Å². The molecule has 0 aliphatic rings. The lowest BCUT2D eigenvalue weighted by atomic mass is 9.89. The second-order valence-electron chi connectivity index (χ2n) is 9.71. The molecule has 3 aromatic carbocycles. The molecule has 0 aliphatic heterocycles. The summed E-state index contributed by atoms with van der Waals surface area (Å²) in [5, 5.41) is 16.2. The highest BCUT2D eigenvalue weighted by molar-refractivity contribution is 5.99. The maximum Gasteiger partial charge on any atom is 0.269 e. The lowest BCUT2D eigenvalue weighted by molar-refractivity contribution is -0.384. The van der Waals surface area contributed by atoms with E-state index in [1.165, 1.54) is 24.3 Å².